The van der Waals surface area contributed by atoms with Gasteiger partial charge in [0.2, 0.25) is 10.1 Å². The van der Waals surface area contributed by atoms with Gasteiger partial charge < -0.3 is 15.4 Å². The maximum Gasteiger partial charge on any atom is 0.283 e. The molecule has 176 valence electrons. The molecule has 0 aliphatic rings. The first-order chi connectivity index (χ1) is 16.9. The molecule has 0 saturated heterocycles. The summed E-state index contributed by atoms with van der Waals surface area (Å²) in [6, 6.07) is 18.5. The molecule has 0 unspecified atom stereocenters. The molecule has 2 aromatic heterocycles. The fraction of sp³-hybridized carbons (Fsp3) is 0.154. The second kappa shape index (κ2) is 9.19. The van der Waals surface area contributed by atoms with Crippen molar-refractivity contribution in [2.45, 2.75) is 20.4 Å². The van der Waals surface area contributed by atoms with E-state index in [4.69, 9.17) is 4.74 Å². The maximum absolute atomic E-state index is 13.1. The number of nitrogens with one attached hydrogen (secondary N) is 2. The van der Waals surface area contributed by atoms with Gasteiger partial charge in [-0.1, -0.05) is 41.7 Å². The Kier molecular flexibility index (Phi) is 5.92. The van der Waals surface area contributed by atoms with Crippen LogP contribution in [0.1, 0.15) is 27.0 Å². The zero-order valence-corrected chi connectivity index (χ0v) is 20.3. The average molecular weight is 486 g/mol. The number of amides is 1. The summed E-state index contributed by atoms with van der Waals surface area (Å²) in [5, 5.41) is 11.6. The summed E-state index contributed by atoms with van der Waals surface area (Å²) in [6.07, 6.45) is 0. The molecule has 0 aliphatic heterocycles. The van der Waals surface area contributed by atoms with Crippen LogP contribution < -0.4 is 20.9 Å². The lowest BCUT2D eigenvalue weighted by Gasteiger charge is -2.09. The smallest absolute Gasteiger partial charge is 0.283 e. The highest BCUT2D eigenvalue weighted by Gasteiger charge is 2.14. The van der Waals surface area contributed by atoms with Crippen molar-refractivity contribution < 1.29 is 9.53 Å². The summed E-state index contributed by atoms with van der Waals surface area (Å²) >= 11 is 1.28. The number of hydrogen-bond donors (Lipinski definition) is 2. The zero-order valence-electron chi connectivity index (χ0n) is 19.5. The summed E-state index contributed by atoms with van der Waals surface area (Å²) in [4.78, 5) is 30.9. The summed E-state index contributed by atoms with van der Waals surface area (Å²) in [5.41, 5.74) is 4.58. The number of carbonyl (C=O) groups excluding carboxylic acids is 1. The summed E-state index contributed by atoms with van der Waals surface area (Å²) < 4.78 is 6.63. The van der Waals surface area contributed by atoms with Gasteiger partial charge in [0.25, 0.3) is 11.5 Å². The normalized spacial score (nSPS) is 11.1. The van der Waals surface area contributed by atoms with Gasteiger partial charge >= 0.3 is 0 Å². The van der Waals surface area contributed by atoms with Crippen LogP contribution in [-0.4, -0.2) is 27.6 Å². The fourth-order valence-electron chi connectivity index (χ4n) is 3.81. The molecule has 0 bridgehead atoms. The predicted molar refractivity (Wildman–Crippen MR) is 138 cm³/mol. The van der Waals surface area contributed by atoms with E-state index < -0.39 is 0 Å². The largest absolute Gasteiger partial charge is 0.496 e. The van der Waals surface area contributed by atoms with Crippen molar-refractivity contribution in [3.05, 3.63) is 93.3 Å². The lowest BCUT2D eigenvalue weighted by Crippen LogP contribution is -2.23. The molecule has 0 fully saturated rings. The Morgan fingerprint density at radius 3 is 2.74 bits per heavy atom. The molecule has 0 spiro atoms. The van der Waals surface area contributed by atoms with Crippen molar-refractivity contribution >= 4 is 43.9 Å². The maximum atomic E-state index is 13.1. The van der Waals surface area contributed by atoms with Crippen molar-refractivity contribution in [2.75, 3.05) is 12.4 Å². The van der Waals surface area contributed by atoms with Crippen LogP contribution >= 0.6 is 11.3 Å². The Hall–Kier alpha value is -4.24. The van der Waals surface area contributed by atoms with Gasteiger partial charge in [-0.2, -0.15) is 4.52 Å². The molecule has 2 N–H and O–H groups in total. The summed E-state index contributed by atoms with van der Waals surface area (Å²) in [6.45, 7) is 4.35. The Labute approximate surface area is 205 Å². The Morgan fingerprint density at radius 1 is 1.09 bits per heavy atom. The third-order valence-electron chi connectivity index (χ3n) is 5.73. The van der Waals surface area contributed by atoms with Crippen molar-refractivity contribution in [1.29, 1.82) is 0 Å². The first-order valence-corrected chi connectivity index (χ1v) is 11.8. The number of carbonyl (C=O) groups is 1. The van der Waals surface area contributed by atoms with Gasteiger partial charge in [0.05, 0.1) is 18.0 Å². The topological polar surface area (TPSA) is 97.6 Å². The molecular weight excluding hydrogens is 462 g/mol. The van der Waals surface area contributed by atoms with Crippen molar-refractivity contribution in [3.63, 3.8) is 0 Å². The van der Waals surface area contributed by atoms with Gasteiger partial charge in [-0.25, -0.2) is 4.98 Å². The monoisotopic (exact) mass is 485 g/mol. The molecule has 5 rings (SSSR count). The quantitative estimate of drug-likeness (QED) is 0.365. The number of aryl methyl sites for hydroxylation is 2. The van der Waals surface area contributed by atoms with E-state index in [0.717, 1.165) is 22.4 Å². The van der Waals surface area contributed by atoms with Gasteiger partial charge in [-0.3, -0.25) is 9.59 Å². The van der Waals surface area contributed by atoms with Gasteiger partial charge in [0, 0.05) is 23.4 Å². The SMILES string of the molecule is COc1ccccc1CNC(=O)c1ccc2c(=O)n3nc(Nc4cc(C)ccc4C)sc3nc2c1. The highest BCUT2D eigenvalue weighted by atomic mass is 32.1. The van der Waals surface area contributed by atoms with E-state index in [0.29, 0.717) is 38.9 Å². The Balaban J connectivity index is 1.43. The number of rotatable bonds is 6. The molecule has 0 aliphatic carbocycles. The predicted octanol–water partition coefficient (Wildman–Crippen LogP) is 4.60. The number of ether oxygens (including phenoxy) is 1. The van der Waals surface area contributed by atoms with Crippen LogP contribution in [0.2, 0.25) is 0 Å². The summed E-state index contributed by atoms with van der Waals surface area (Å²) in [7, 11) is 1.59. The molecule has 3 aromatic carbocycles. The second-order valence-electron chi connectivity index (χ2n) is 8.19. The van der Waals surface area contributed by atoms with Crippen LogP contribution in [-0.2, 0) is 6.54 Å². The first-order valence-electron chi connectivity index (χ1n) is 11.0. The van der Waals surface area contributed by atoms with Gasteiger partial charge in [0.15, 0.2) is 0 Å². The number of nitrogens with zero attached hydrogens (tertiary/aromatic N) is 3. The molecular formula is C26H23N5O3S. The Bertz CT molecular complexity index is 1640. The third kappa shape index (κ3) is 4.45. The number of fused-ring (bicyclic) bond motifs is 2. The van der Waals surface area contributed by atoms with Crippen molar-refractivity contribution in [3.8, 4) is 5.75 Å². The molecule has 2 heterocycles. The van der Waals surface area contributed by atoms with E-state index in [1.54, 1.807) is 25.3 Å². The van der Waals surface area contributed by atoms with Crippen LogP contribution in [0, 0.1) is 13.8 Å². The first kappa shape index (κ1) is 22.5. The molecule has 8 nitrogen and oxygen atoms in total. The van der Waals surface area contributed by atoms with Crippen molar-refractivity contribution in [2.24, 2.45) is 0 Å². The molecule has 0 atom stereocenters. The number of para-hydroxylation sites is 1. The molecule has 1 amide bonds. The number of aromatic nitrogens is 3. The van der Waals surface area contributed by atoms with Crippen LogP contribution in [0.25, 0.3) is 15.9 Å². The van der Waals surface area contributed by atoms with Crippen LogP contribution in [0.5, 0.6) is 5.75 Å². The average Bonchev–Trinajstić information content (AvgIpc) is 3.27. The number of anilines is 2. The molecule has 9 heteroatoms. The molecule has 5 aromatic rings. The van der Waals surface area contributed by atoms with E-state index >= 15 is 0 Å². The van der Waals surface area contributed by atoms with Crippen molar-refractivity contribution in [1.82, 2.24) is 19.9 Å². The lowest BCUT2D eigenvalue weighted by molar-refractivity contribution is 0.0951. The van der Waals surface area contributed by atoms with Gasteiger partial charge in [-0.05, 0) is 55.3 Å². The van der Waals surface area contributed by atoms with E-state index in [1.165, 1.54) is 15.9 Å². The van der Waals surface area contributed by atoms with Crippen LogP contribution in [0.3, 0.4) is 0 Å². The van der Waals surface area contributed by atoms with Crippen LogP contribution in [0.4, 0.5) is 10.8 Å². The molecule has 0 saturated carbocycles. The van der Waals surface area contributed by atoms with E-state index in [-0.39, 0.29) is 11.5 Å². The third-order valence-corrected chi connectivity index (χ3v) is 6.55. The van der Waals surface area contributed by atoms with E-state index in [9.17, 15) is 9.59 Å². The Morgan fingerprint density at radius 2 is 1.91 bits per heavy atom. The minimum atomic E-state index is -0.281. The highest BCUT2D eigenvalue weighted by Crippen LogP contribution is 2.26. The van der Waals surface area contributed by atoms with Gasteiger partial charge in [-0.15, -0.1) is 5.10 Å². The number of hydrogen-bond acceptors (Lipinski definition) is 7. The number of benzene rings is 3. The van der Waals surface area contributed by atoms with E-state index in [1.807, 2.05) is 56.3 Å². The minimum Gasteiger partial charge on any atom is -0.496 e. The van der Waals surface area contributed by atoms with Crippen LogP contribution in [0.15, 0.2) is 65.5 Å². The highest BCUT2D eigenvalue weighted by molar-refractivity contribution is 7.20. The van der Waals surface area contributed by atoms with Gasteiger partial charge in [0.1, 0.15) is 5.75 Å². The second-order valence-corrected chi connectivity index (χ2v) is 9.14. The van der Waals surface area contributed by atoms with E-state index in [2.05, 4.69) is 20.7 Å². The standard InChI is InChI=1S/C26H23N5O3S/c1-15-8-9-16(2)20(12-15)28-25-30-31-24(33)19-11-10-17(13-21(19)29-26(31)35-25)23(32)27-14-18-6-4-5-7-22(18)34-3/h4-13H,14H2,1-3H3,(H,27,32)(H,28,30). The minimum absolute atomic E-state index is 0.263. The molecule has 0 radical (unpaired) electrons. The zero-order chi connectivity index (χ0) is 24.5. The molecule has 35 heavy (non-hydrogen) atoms. The fourth-order valence-corrected chi connectivity index (χ4v) is 4.62. The summed E-state index contributed by atoms with van der Waals surface area (Å²) in [5.74, 6) is 0.445. The lowest BCUT2D eigenvalue weighted by atomic mass is 10.1. The number of methoxy groups -OCH3 is 1.